The number of hydrogen-bond acceptors (Lipinski definition) is 0. The largest absolute Gasteiger partial charge is 0.122 e. The lowest BCUT2D eigenvalue weighted by Crippen LogP contribution is -2.00. The minimum Gasteiger partial charge on any atom is -0.122 e. The Hall–Kier alpha value is -0.490. The Balaban J connectivity index is 2.26. The Labute approximate surface area is 91.3 Å². The highest BCUT2D eigenvalue weighted by atomic mass is 35.5. The fourth-order valence-corrected chi connectivity index (χ4v) is 2.39. The molecule has 0 saturated carbocycles. The highest BCUT2D eigenvalue weighted by Gasteiger charge is 2.06. The van der Waals surface area contributed by atoms with E-state index < -0.39 is 0 Å². The molecular weight excluding hydrogens is 192 g/mol. The van der Waals surface area contributed by atoms with E-state index in [1.54, 1.807) is 11.1 Å². The average Bonchev–Trinajstić information content (AvgIpc) is 2.18. The Morgan fingerprint density at radius 3 is 2.36 bits per heavy atom. The molecule has 0 nitrogen and oxygen atoms in total. The molecule has 0 amide bonds. The SMILES string of the molecule is ClCc1ccc2c(c1)CCCCCC2. The molecule has 0 aromatic heterocycles. The van der Waals surface area contributed by atoms with Gasteiger partial charge in [-0.1, -0.05) is 31.0 Å². The topological polar surface area (TPSA) is 0 Å². The lowest BCUT2D eigenvalue weighted by Gasteiger charge is -2.14. The summed E-state index contributed by atoms with van der Waals surface area (Å²) in [5, 5.41) is 0. The molecule has 2 rings (SSSR count). The molecule has 1 aliphatic rings. The first-order valence-corrected chi connectivity index (χ1v) is 6.10. The summed E-state index contributed by atoms with van der Waals surface area (Å²) in [4.78, 5) is 0. The van der Waals surface area contributed by atoms with Crippen LogP contribution in [0.15, 0.2) is 18.2 Å². The normalized spacial score (nSPS) is 16.9. The average molecular weight is 209 g/mol. The summed E-state index contributed by atoms with van der Waals surface area (Å²) in [7, 11) is 0. The lowest BCUT2D eigenvalue weighted by molar-refractivity contribution is 0.616. The van der Waals surface area contributed by atoms with E-state index in [0.29, 0.717) is 5.88 Å². The highest BCUT2D eigenvalue weighted by Crippen LogP contribution is 2.21. The quantitative estimate of drug-likeness (QED) is 0.610. The van der Waals surface area contributed by atoms with E-state index in [-0.39, 0.29) is 0 Å². The molecule has 14 heavy (non-hydrogen) atoms. The Morgan fingerprint density at radius 2 is 1.64 bits per heavy atom. The number of aryl methyl sites for hydroxylation is 2. The molecule has 1 aromatic carbocycles. The van der Waals surface area contributed by atoms with Gasteiger partial charge in [-0.15, -0.1) is 11.6 Å². The molecular formula is C13H17Cl. The Bertz CT molecular complexity index is 304. The van der Waals surface area contributed by atoms with Gasteiger partial charge in [-0.05, 0) is 42.4 Å². The van der Waals surface area contributed by atoms with Gasteiger partial charge in [-0.2, -0.15) is 0 Å². The van der Waals surface area contributed by atoms with Crippen molar-refractivity contribution in [1.29, 1.82) is 0 Å². The molecule has 0 aliphatic heterocycles. The first-order valence-electron chi connectivity index (χ1n) is 5.57. The van der Waals surface area contributed by atoms with Crippen LogP contribution in [0.5, 0.6) is 0 Å². The minimum absolute atomic E-state index is 0.646. The van der Waals surface area contributed by atoms with Gasteiger partial charge in [0.1, 0.15) is 0 Å². The molecule has 1 heteroatoms. The summed E-state index contributed by atoms with van der Waals surface area (Å²) in [6.45, 7) is 0. The van der Waals surface area contributed by atoms with Crippen LogP contribution in [0.2, 0.25) is 0 Å². The van der Waals surface area contributed by atoms with E-state index >= 15 is 0 Å². The van der Waals surface area contributed by atoms with Crippen LogP contribution in [0.25, 0.3) is 0 Å². The van der Waals surface area contributed by atoms with Crippen LogP contribution < -0.4 is 0 Å². The van der Waals surface area contributed by atoms with Crippen LogP contribution in [-0.4, -0.2) is 0 Å². The van der Waals surface area contributed by atoms with E-state index in [2.05, 4.69) is 18.2 Å². The van der Waals surface area contributed by atoms with Crippen molar-refractivity contribution in [2.75, 3.05) is 0 Å². The second-order valence-electron chi connectivity index (χ2n) is 4.15. The van der Waals surface area contributed by atoms with Gasteiger partial charge in [-0.25, -0.2) is 0 Å². The second-order valence-corrected chi connectivity index (χ2v) is 4.42. The van der Waals surface area contributed by atoms with E-state index in [1.807, 2.05) is 0 Å². The van der Waals surface area contributed by atoms with Crippen molar-refractivity contribution in [2.45, 2.75) is 44.4 Å². The van der Waals surface area contributed by atoms with E-state index in [0.717, 1.165) is 0 Å². The van der Waals surface area contributed by atoms with Crippen LogP contribution in [0.4, 0.5) is 0 Å². The van der Waals surface area contributed by atoms with Crippen LogP contribution >= 0.6 is 11.6 Å². The number of hydrogen-bond donors (Lipinski definition) is 0. The predicted molar refractivity (Wildman–Crippen MR) is 61.9 cm³/mol. The molecule has 0 fully saturated rings. The monoisotopic (exact) mass is 208 g/mol. The second kappa shape index (κ2) is 4.84. The smallest absolute Gasteiger partial charge is 0.0474 e. The zero-order valence-electron chi connectivity index (χ0n) is 8.56. The molecule has 0 bridgehead atoms. The molecule has 0 heterocycles. The lowest BCUT2D eigenvalue weighted by atomic mass is 9.92. The summed E-state index contributed by atoms with van der Waals surface area (Å²) in [5.41, 5.74) is 4.37. The Kier molecular flexibility index (Phi) is 3.47. The van der Waals surface area contributed by atoms with Gasteiger partial charge in [0.2, 0.25) is 0 Å². The summed E-state index contributed by atoms with van der Waals surface area (Å²) >= 11 is 5.84. The van der Waals surface area contributed by atoms with Crippen LogP contribution in [0.3, 0.4) is 0 Å². The van der Waals surface area contributed by atoms with Crippen molar-refractivity contribution in [3.05, 3.63) is 34.9 Å². The number of alkyl halides is 1. The number of benzene rings is 1. The zero-order valence-corrected chi connectivity index (χ0v) is 9.32. The van der Waals surface area contributed by atoms with Crippen molar-refractivity contribution in [2.24, 2.45) is 0 Å². The fourth-order valence-electron chi connectivity index (χ4n) is 2.22. The van der Waals surface area contributed by atoms with Gasteiger partial charge in [-0.3, -0.25) is 0 Å². The summed E-state index contributed by atoms with van der Waals surface area (Å²) in [6, 6.07) is 6.75. The van der Waals surface area contributed by atoms with Crippen molar-refractivity contribution < 1.29 is 0 Å². The minimum atomic E-state index is 0.646. The molecule has 0 atom stereocenters. The molecule has 0 N–H and O–H groups in total. The predicted octanol–water partition coefficient (Wildman–Crippen LogP) is 4.08. The van der Waals surface area contributed by atoms with Crippen LogP contribution in [0, 0.1) is 0 Å². The highest BCUT2D eigenvalue weighted by molar-refractivity contribution is 6.17. The summed E-state index contributed by atoms with van der Waals surface area (Å²) < 4.78 is 0. The van der Waals surface area contributed by atoms with E-state index in [1.165, 1.54) is 44.1 Å². The maximum Gasteiger partial charge on any atom is 0.0474 e. The van der Waals surface area contributed by atoms with Crippen molar-refractivity contribution >= 4 is 11.6 Å². The van der Waals surface area contributed by atoms with Crippen LogP contribution in [0.1, 0.15) is 42.4 Å². The first-order chi connectivity index (χ1) is 6.90. The number of rotatable bonds is 1. The molecule has 0 saturated heterocycles. The third-order valence-electron chi connectivity index (χ3n) is 3.07. The number of halogens is 1. The van der Waals surface area contributed by atoms with Gasteiger partial charge >= 0.3 is 0 Å². The Morgan fingerprint density at radius 1 is 0.929 bits per heavy atom. The molecule has 0 radical (unpaired) electrons. The fraction of sp³-hybridized carbons (Fsp3) is 0.538. The first kappa shape index (κ1) is 10.0. The molecule has 76 valence electrons. The third-order valence-corrected chi connectivity index (χ3v) is 3.38. The van der Waals surface area contributed by atoms with E-state index in [4.69, 9.17) is 11.6 Å². The van der Waals surface area contributed by atoms with Gasteiger partial charge in [0.25, 0.3) is 0 Å². The zero-order chi connectivity index (χ0) is 9.80. The number of fused-ring (bicyclic) bond motifs is 1. The summed E-state index contributed by atoms with van der Waals surface area (Å²) in [6.07, 6.45) is 8.01. The van der Waals surface area contributed by atoms with Crippen molar-refractivity contribution in [3.63, 3.8) is 0 Å². The van der Waals surface area contributed by atoms with E-state index in [9.17, 15) is 0 Å². The standard InChI is InChI=1S/C13H17Cl/c14-10-11-7-8-12-5-3-1-2-4-6-13(12)9-11/h7-9H,1-6,10H2. The molecule has 0 spiro atoms. The molecule has 1 aliphatic carbocycles. The molecule has 1 aromatic rings. The summed E-state index contributed by atoms with van der Waals surface area (Å²) in [5.74, 6) is 0.646. The van der Waals surface area contributed by atoms with Crippen molar-refractivity contribution in [3.8, 4) is 0 Å². The van der Waals surface area contributed by atoms with Gasteiger partial charge < -0.3 is 0 Å². The van der Waals surface area contributed by atoms with Crippen molar-refractivity contribution in [1.82, 2.24) is 0 Å². The third kappa shape index (κ3) is 2.30. The van der Waals surface area contributed by atoms with Crippen LogP contribution in [-0.2, 0) is 18.7 Å². The molecule has 0 unspecified atom stereocenters. The maximum atomic E-state index is 5.84. The van der Waals surface area contributed by atoms with Gasteiger partial charge in [0.05, 0.1) is 0 Å². The van der Waals surface area contributed by atoms with Gasteiger partial charge in [0, 0.05) is 5.88 Å². The van der Waals surface area contributed by atoms with Gasteiger partial charge in [0.15, 0.2) is 0 Å². The maximum absolute atomic E-state index is 5.84.